The minimum atomic E-state index is 0.171. The first kappa shape index (κ1) is 14.5. The molecular formula is C17H18O2S. The lowest BCUT2D eigenvalue weighted by atomic mass is 9.98. The van der Waals surface area contributed by atoms with Gasteiger partial charge in [0.2, 0.25) is 0 Å². The Hall–Kier alpha value is -1.87. The topological polar surface area (TPSA) is 29.5 Å². The van der Waals surface area contributed by atoms with Crippen molar-refractivity contribution in [3.05, 3.63) is 59.2 Å². The second-order valence-electron chi connectivity index (χ2n) is 4.94. The molecule has 2 nitrogen and oxygen atoms in total. The Kier molecular flexibility index (Phi) is 4.74. The van der Waals surface area contributed by atoms with E-state index in [0.717, 1.165) is 16.7 Å². The number of rotatable bonds is 4. The van der Waals surface area contributed by atoms with Crippen molar-refractivity contribution in [2.24, 2.45) is 0 Å². The van der Waals surface area contributed by atoms with Crippen LogP contribution < -0.4 is 4.18 Å². The van der Waals surface area contributed by atoms with E-state index in [4.69, 9.17) is 4.18 Å². The zero-order valence-corrected chi connectivity index (χ0v) is 12.5. The van der Waals surface area contributed by atoms with Crippen LogP contribution in [0.2, 0.25) is 0 Å². The van der Waals surface area contributed by atoms with Gasteiger partial charge in [-0.1, -0.05) is 56.3 Å². The van der Waals surface area contributed by atoms with E-state index in [2.05, 4.69) is 12.9 Å². The van der Waals surface area contributed by atoms with Crippen molar-refractivity contribution in [2.75, 3.05) is 0 Å². The fourth-order valence-electron chi connectivity index (χ4n) is 2.14. The quantitative estimate of drug-likeness (QED) is 0.475. The molecule has 0 unspecified atom stereocenters. The average Bonchev–Trinajstić information content (AvgIpc) is 2.45. The maximum atomic E-state index is 10.1. The van der Waals surface area contributed by atoms with Crippen molar-refractivity contribution in [1.82, 2.24) is 0 Å². The Morgan fingerprint density at radius 3 is 2.30 bits per heavy atom. The van der Waals surface area contributed by atoms with E-state index < -0.39 is 0 Å². The van der Waals surface area contributed by atoms with Gasteiger partial charge in [0, 0.05) is 18.5 Å². The van der Waals surface area contributed by atoms with Crippen LogP contribution in [0.3, 0.4) is 0 Å². The maximum absolute atomic E-state index is 10.1. The van der Waals surface area contributed by atoms with Gasteiger partial charge in [0.1, 0.15) is 11.5 Å². The molecule has 0 aliphatic heterocycles. The SMILES string of the molecule is CC(C)c1c(O)cc(/C=C/c2ccccc2)cc1OS. The molecule has 0 fully saturated rings. The molecule has 0 aliphatic rings. The van der Waals surface area contributed by atoms with Crippen molar-refractivity contribution in [1.29, 1.82) is 0 Å². The van der Waals surface area contributed by atoms with Gasteiger partial charge in [-0.2, -0.15) is 0 Å². The Labute approximate surface area is 125 Å². The summed E-state index contributed by atoms with van der Waals surface area (Å²) < 4.78 is 5.08. The number of hydrogen-bond acceptors (Lipinski definition) is 3. The standard InChI is InChI=1S/C17H18O2S/c1-12(2)17-15(18)10-14(11-16(17)19-20)9-8-13-6-4-3-5-7-13/h3-12,18,20H,1-2H3/b9-8+. The highest BCUT2D eigenvalue weighted by atomic mass is 32.1. The lowest BCUT2D eigenvalue weighted by Crippen LogP contribution is -1.93. The van der Waals surface area contributed by atoms with Crippen LogP contribution in [0.15, 0.2) is 42.5 Å². The third kappa shape index (κ3) is 3.36. The van der Waals surface area contributed by atoms with Crippen LogP contribution in [0, 0.1) is 0 Å². The molecule has 0 bridgehead atoms. The van der Waals surface area contributed by atoms with Crippen LogP contribution in [-0.2, 0) is 0 Å². The fraction of sp³-hybridized carbons (Fsp3) is 0.176. The molecular weight excluding hydrogens is 268 g/mol. The molecule has 2 aromatic rings. The summed E-state index contributed by atoms with van der Waals surface area (Å²) in [6.45, 7) is 4.01. The van der Waals surface area contributed by atoms with Crippen LogP contribution in [0.25, 0.3) is 12.2 Å². The molecule has 104 valence electrons. The highest BCUT2D eigenvalue weighted by molar-refractivity contribution is 7.75. The van der Waals surface area contributed by atoms with Gasteiger partial charge in [0.15, 0.2) is 0 Å². The van der Waals surface area contributed by atoms with Gasteiger partial charge in [-0.3, -0.25) is 0 Å². The maximum Gasteiger partial charge on any atom is 0.144 e. The van der Waals surface area contributed by atoms with E-state index >= 15 is 0 Å². The van der Waals surface area contributed by atoms with Crippen LogP contribution in [0.1, 0.15) is 36.5 Å². The summed E-state index contributed by atoms with van der Waals surface area (Å²) in [6, 6.07) is 13.6. The molecule has 2 rings (SSSR count). The molecule has 0 aromatic heterocycles. The van der Waals surface area contributed by atoms with E-state index in [1.165, 1.54) is 0 Å². The number of phenols is 1. The molecule has 0 saturated heterocycles. The van der Waals surface area contributed by atoms with Crippen LogP contribution >= 0.6 is 12.9 Å². The predicted octanol–water partition coefficient (Wildman–Crippen LogP) is 4.91. The monoisotopic (exact) mass is 286 g/mol. The molecule has 0 radical (unpaired) electrons. The van der Waals surface area contributed by atoms with E-state index in [1.54, 1.807) is 6.07 Å². The van der Waals surface area contributed by atoms with Gasteiger partial charge in [0.05, 0.1) is 0 Å². The zero-order chi connectivity index (χ0) is 14.5. The summed E-state index contributed by atoms with van der Waals surface area (Å²) in [5.74, 6) is 1.000. The molecule has 3 heteroatoms. The second kappa shape index (κ2) is 6.53. The van der Waals surface area contributed by atoms with Gasteiger partial charge in [-0.25, -0.2) is 0 Å². The highest BCUT2D eigenvalue weighted by Crippen LogP contribution is 2.36. The summed E-state index contributed by atoms with van der Waals surface area (Å²) >= 11 is 3.87. The Balaban J connectivity index is 2.34. The summed E-state index contributed by atoms with van der Waals surface area (Å²) in [7, 11) is 0. The highest BCUT2D eigenvalue weighted by Gasteiger charge is 2.14. The molecule has 0 aliphatic carbocycles. The first-order valence-corrected chi connectivity index (χ1v) is 6.89. The third-order valence-corrected chi connectivity index (χ3v) is 3.28. The third-order valence-electron chi connectivity index (χ3n) is 3.09. The molecule has 2 aromatic carbocycles. The van der Waals surface area contributed by atoms with Gasteiger partial charge in [-0.05, 0) is 29.2 Å². The van der Waals surface area contributed by atoms with Crippen LogP contribution in [0.4, 0.5) is 0 Å². The van der Waals surface area contributed by atoms with Gasteiger partial charge < -0.3 is 9.29 Å². The van der Waals surface area contributed by atoms with Crippen molar-refractivity contribution in [3.8, 4) is 11.5 Å². The van der Waals surface area contributed by atoms with Crippen LogP contribution in [0.5, 0.6) is 11.5 Å². The summed E-state index contributed by atoms with van der Waals surface area (Å²) in [5.41, 5.74) is 2.75. The number of benzene rings is 2. The largest absolute Gasteiger partial charge is 0.507 e. The van der Waals surface area contributed by atoms with E-state index in [9.17, 15) is 5.11 Å². The lowest BCUT2D eigenvalue weighted by Gasteiger charge is -2.13. The molecule has 0 atom stereocenters. The zero-order valence-electron chi connectivity index (χ0n) is 11.6. The molecule has 1 N–H and O–H groups in total. The minimum absolute atomic E-state index is 0.171. The minimum Gasteiger partial charge on any atom is -0.507 e. The number of hydrogen-bond donors (Lipinski definition) is 2. The fourth-order valence-corrected chi connectivity index (χ4v) is 2.29. The lowest BCUT2D eigenvalue weighted by molar-refractivity contribution is 0.459. The molecule has 0 heterocycles. The average molecular weight is 286 g/mol. The first-order valence-electron chi connectivity index (χ1n) is 6.53. The smallest absolute Gasteiger partial charge is 0.144 e. The normalized spacial score (nSPS) is 11.2. The number of aromatic hydroxyl groups is 1. The van der Waals surface area contributed by atoms with Crippen molar-refractivity contribution >= 4 is 25.1 Å². The van der Waals surface area contributed by atoms with E-state index in [-0.39, 0.29) is 11.7 Å². The van der Waals surface area contributed by atoms with E-state index in [0.29, 0.717) is 5.75 Å². The van der Waals surface area contributed by atoms with Crippen LogP contribution in [-0.4, -0.2) is 5.11 Å². The van der Waals surface area contributed by atoms with E-state index in [1.807, 2.05) is 62.4 Å². The van der Waals surface area contributed by atoms with Gasteiger partial charge in [0.25, 0.3) is 0 Å². The molecule has 20 heavy (non-hydrogen) atoms. The molecule has 0 spiro atoms. The van der Waals surface area contributed by atoms with Gasteiger partial charge in [-0.15, -0.1) is 0 Å². The summed E-state index contributed by atoms with van der Waals surface area (Å²) in [4.78, 5) is 0. The number of thiol groups is 1. The first-order chi connectivity index (χ1) is 9.61. The van der Waals surface area contributed by atoms with Crippen molar-refractivity contribution in [3.63, 3.8) is 0 Å². The predicted molar refractivity (Wildman–Crippen MR) is 87.2 cm³/mol. The van der Waals surface area contributed by atoms with Crippen molar-refractivity contribution < 1.29 is 9.29 Å². The molecule has 0 saturated carbocycles. The Morgan fingerprint density at radius 2 is 1.70 bits per heavy atom. The van der Waals surface area contributed by atoms with Crippen molar-refractivity contribution in [2.45, 2.75) is 19.8 Å². The van der Waals surface area contributed by atoms with Gasteiger partial charge >= 0.3 is 0 Å². The summed E-state index contributed by atoms with van der Waals surface area (Å²) in [6.07, 6.45) is 3.93. The Bertz CT molecular complexity index is 604. The number of phenolic OH excluding ortho intramolecular Hbond substituents is 1. The summed E-state index contributed by atoms with van der Waals surface area (Å²) in [5, 5.41) is 10.1. The second-order valence-corrected chi connectivity index (χ2v) is 5.12. The molecule has 0 amide bonds. The Morgan fingerprint density at radius 1 is 1.05 bits per heavy atom.